The molecule has 0 saturated heterocycles. The summed E-state index contributed by atoms with van der Waals surface area (Å²) in [5.74, 6) is 1.53. The van der Waals surface area contributed by atoms with Crippen molar-refractivity contribution in [1.82, 2.24) is 4.90 Å². The number of nitrogens with zero attached hydrogens (tertiary/aromatic N) is 1. The van der Waals surface area contributed by atoms with Crippen LogP contribution in [0.4, 0.5) is 0 Å². The zero-order chi connectivity index (χ0) is 13.9. The van der Waals surface area contributed by atoms with Gasteiger partial charge in [0, 0.05) is 18.7 Å². The average Bonchev–Trinajstić information content (AvgIpc) is 2.83. The summed E-state index contributed by atoms with van der Waals surface area (Å²) in [6, 6.07) is 16.3. The van der Waals surface area contributed by atoms with Crippen LogP contribution in [0, 0.1) is 5.41 Å². The second-order valence-corrected chi connectivity index (χ2v) is 5.03. The van der Waals surface area contributed by atoms with Crippen molar-refractivity contribution in [1.29, 1.82) is 5.41 Å². The Kier molecular flexibility index (Phi) is 3.42. The Morgan fingerprint density at radius 3 is 2.55 bits per heavy atom. The van der Waals surface area contributed by atoms with E-state index in [9.17, 15) is 0 Å². The van der Waals surface area contributed by atoms with E-state index in [1.54, 1.807) is 7.11 Å². The second kappa shape index (κ2) is 5.37. The number of ether oxygens (including phenoxy) is 1. The van der Waals surface area contributed by atoms with Gasteiger partial charge in [0.1, 0.15) is 11.6 Å². The number of benzene rings is 2. The fourth-order valence-corrected chi connectivity index (χ4v) is 2.59. The molecular formula is C17H18N2O. The van der Waals surface area contributed by atoms with Crippen LogP contribution in [0.15, 0.2) is 48.5 Å². The molecule has 1 heterocycles. The van der Waals surface area contributed by atoms with Crippen molar-refractivity contribution < 1.29 is 4.74 Å². The highest BCUT2D eigenvalue weighted by Crippen LogP contribution is 2.22. The summed E-state index contributed by atoms with van der Waals surface area (Å²) < 4.78 is 5.16. The third-order valence-electron chi connectivity index (χ3n) is 3.78. The van der Waals surface area contributed by atoms with Crippen LogP contribution >= 0.6 is 0 Å². The van der Waals surface area contributed by atoms with Crippen molar-refractivity contribution in [2.45, 2.75) is 13.0 Å². The fraction of sp³-hybridized carbons (Fsp3) is 0.235. The maximum Gasteiger partial charge on any atom is 0.128 e. The van der Waals surface area contributed by atoms with Crippen LogP contribution < -0.4 is 4.74 Å². The molecule has 0 fully saturated rings. The average molecular weight is 266 g/mol. The molecule has 2 aromatic rings. The molecule has 0 radical (unpaired) electrons. The lowest BCUT2D eigenvalue weighted by Gasteiger charge is -2.17. The van der Waals surface area contributed by atoms with Crippen molar-refractivity contribution >= 4 is 5.84 Å². The number of methoxy groups -OCH3 is 1. The summed E-state index contributed by atoms with van der Waals surface area (Å²) in [7, 11) is 1.68. The third-order valence-corrected chi connectivity index (χ3v) is 3.78. The Hall–Kier alpha value is -2.29. The molecule has 1 N–H and O–H groups in total. The molecule has 0 atom stereocenters. The van der Waals surface area contributed by atoms with Gasteiger partial charge in [-0.05, 0) is 29.7 Å². The Labute approximate surface area is 119 Å². The normalized spacial score (nSPS) is 13.4. The summed E-state index contributed by atoms with van der Waals surface area (Å²) in [5, 5.41) is 8.22. The van der Waals surface area contributed by atoms with Gasteiger partial charge >= 0.3 is 0 Å². The lowest BCUT2D eigenvalue weighted by atomic mass is 10.1. The number of amidine groups is 1. The van der Waals surface area contributed by atoms with E-state index >= 15 is 0 Å². The first-order valence-corrected chi connectivity index (χ1v) is 6.82. The molecule has 0 aromatic heterocycles. The molecule has 1 aliphatic rings. The van der Waals surface area contributed by atoms with Crippen LogP contribution in [-0.4, -0.2) is 24.4 Å². The Balaban J connectivity index is 1.64. The number of nitrogens with one attached hydrogen (secondary N) is 1. The SMILES string of the molecule is COc1ccc(CCN2Cc3ccccc3C2=N)cc1. The van der Waals surface area contributed by atoms with Crippen molar-refractivity contribution in [3.05, 3.63) is 65.2 Å². The first-order valence-electron chi connectivity index (χ1n) is 6.82. The molecule has 1 aliphatic heterocycles. The van der Waals surface area contributed by atoms with Gasteiger partial charge in [0.25, 0.3) is 0 Å². The highest BCUT2D eigenvalue weighted by Gasteiger charge is 2.22. The monoisotopic (exact) mass is 266 g/mol. The predicted octanol–water partition coefficient (Wildman–Crippen LogP) is 3.08. The lowest BCUT2D eigenvalue weighted by molar-refractivity contribution is 0.414. The smallest absolute Gasteiger partial charge is 0.128 e. The molecule has 0 amide bonds. The van der Waals surface area contributed by atoms with Crippen LogP contribution in [0.1, 0.15) is 16.7 Å². The molecule has 3 heteroatoms. The molecule has 0 aliphatic carbocycles. The minimum atomic E-state index is 0.647. The maximum atomic E-state index is 8.22. The zero-order valence-corrected chi connectivity index (χ0v) is 11.6. The quantitative estimate of drug-likeness (QED) is 0.923. The number of fused-ring (bicyclic) bond motifs is 1. The minimum Gasteiger partial charge on any atom is -0.497 e. The first kappa shape index (κ1) is 12.7. The van der Waals surface area contributed by atoms with Crippen molar-refractivity contribution in [3.8, 4) is 5.75 Å². The van der Waals surface area contributed by atoms with Crippen molar-refractivity contribution in [2.75, 3.05) is 13.7 Å². The molecule has 3 nitrogen and oxygen atoms in total. The Morgan fingerprint density at radius 2 is 1.85 bits per heavy atom. The van der Waals surface area contributed by atoms with Crippen LogP contribution in [-0.2, 0) is 13.0 Å². The van der Waals surface area contributed by atoms with E-state index < -0.39 is 0 Å². The van der Waals surface area contributed by atoms with Crippen LogP contribution in [0.3, 0.4) is 0 Å². The van der Waals surface area contributed by atoms with Gasteiger partial charge in [-0.15, -0.1) is 0 Å². The van der Waals surface area contributed by atoms with E-state index in [0.717, 1.165) is 30.8 Å². The molecule has 102 valence electrons. The number of hydrogen-bond acceptors (Lipinski definition) is 2. The summed E-state index contributed by atoms with van der Waals surface area (Å²) in [4.78, 5) is 2.13. The number of hydrogen-bond donors (Lipinski definition) is 1. The lowest BCUT2D eigenvalue weighted by Crippen LogP contribution is -2.26. The molecule has 0 spiro atoms. The largest absolute Gasteiger partial charge is 0.497 e. The first-order chi connectivity index (χ1) is 9.78. The molecule has 0 unspecified atom stereocenters. The van der Waals surface area contributed by atoms with E-state index in [2.05, 4.69) is 23.1 Å². The summed E-state index contributed by atoms with van der Waals surface area (Å²) in [5.41, 5.74) is 3.60. The van der Waals surface area contributed by atoms with Crippen molar-refractivity contribution in [2.24, 2.45) is 0 Å². The van der Waals surface area contributed by atoms with E-state index in [4.69, 9.17) is 10.1 Å². The van der Waals surface area contributed by atoms with Crippen LogP contribution in [0.5, 0.6) is 5.75 Å². The molecule has 20 heavy (non-hydrogen) atoms. The van der Waals surface area contributed by atoms with Gasteiger partial charge in [0.05, 0.1) is 7.11 Å². The molecule has 2 aromatic carbocycles. The van der Waals surface area contributed by atoms with E-state index in [1.807, 2.05) is 30.3 Å². The topological polar surface area (TPSA) is 36.3 Å². The van der Waals surface area contributed by atoms with E-state index in [1.165, 1.54) is 11.1 Å². The molecule has 0 bridgehead atoms. The number of rotatable bonds is 4. The molecule has 3 rings (SSSR count). The Bertz CT molecular complexity index is 619. The van der Waals surface area contributed by atoms with Crippen molar-refractivity contribution in [3.63, 3.8) is 0 Å². The fourth-order valence-electron chi connectivity index (χ4n) is 2.59. The Morgan fingerprint density at radius 1 is 1.10 bits per heavy atom. The molecule has 0 saturated carbocycles. The second-order valence-electron chi connectivity index (χ2n) is 5.03. The van der Waals surface area contributed by atoms with Gasteiger partial charge in [0.15, 0.2) is 0 Å². The van der Waals surface area contributed by atoms with Gasteiger partial charge in [0.2, 0.25) is 0 Å². The van der Waals surface area contributed by atoms with E-state index in [0.29, 0.717) is 5.84 Å². The predicted molar refractivity (Wildman–Crippen MR) is 80.4 cm³/mol. The van der Waals surface area contributed by atoms with E-state index in [-0.39, 0.29) is 0 Å². The molecular weight excluding hydrogens is 248 g/mol. The van der Waals surface area contributed by atoms with Gasteiger partial charge in [-0.25, -0.2) is 0 Å². The maximum absolute atomic E-state index is 8.22. The van der Waals surface area contributed by atoms with Crippen LogP contribution in [0.2, 0.25) is 0 Å². The summed E-state index contributed by atoms with van der Waals surface area (Å²) >= 11 is 0. The standard InChI is InChI=1S/C17H18N2O/c1-20-15-8-6-13(7-9-15)10-11-19-12-14-4-2-3-5-16(14)17(19)18/h2-9,18H,10-12H2,1H3. The summed E-state index contributed by atoms with van der Waals surface area (Å²) in [6.07, 6.45) is 0.945. The van der Waals surface area contributed by atoms with Gasteiger partial charge in [-0.3, -0.25) is 5.41 Å². The van der Waals surface area contributed by atoms with Gasteiger partial charge in [-0.2, -0.15) is 0 Å². The minimum absolute atomic E-state index is 0.647. The third kappa shape index (κ3) is 2.39. The zero-order valence-electron chi connectivity index (χ0n) is 11.6. The summed E-state index contributed by atoms with van der Waals surface area (Å²) in [6.45, 7) is 1.73. The van der Waals surface area contributed by atoms with Crippen LogP contribution in [0.25, 0.3) is 0 Å². The van der Waals surface area contributed by atoms with Gasteiger partial charge < -0.3 is 9.64 Å². The highest BCUT2D eigenvalue weighted by molar-refractivity contribution is 6.00. The van der Waals surface area contributed by atoms with Gasteiger partial charge in [-0.1, -0.05) is 36.4 Å². The highest BCUT2D eigenvalue weighted by atomic mass is 16.5.